The van der Waals surface area contributed by atoms with Crippen molar-refractivity contribution < 1.29 is 4.74 Å². The third-order valence-electron chi connectivity index (χ3n) is 2.22. The lowest BCUT2D eigenvalue weighted by atomic mass is 10.0. The van der Waals surface area contributed by atoms with E-state index < -0.39 is 0 Å². The molecule has 0 saturated carbocycles. The zero-order valence-corrected chi connectivity index (χ0v) is 10.3. The van der Waals surface area contributed by atoms with Crippen LogP contribution in [0.4, 0.5) is 0 Å². The molecule has 0 amide bonds. The van der Waals surface area contributed by atoms with Crippen molar-refractivity contribution >= 4 is 0 Å². The molecule has 3 heteroatoms. The van der Waals surface area contributed by atoms with Crippen LogP contribution in [-0.2, 0) is 4.74 Å². The standard InChI is InChI=1S/C11H26N2O/c1-6-14-8-7-12-11(10(2)3)9-13(4)5/h10-12H,6-9H2,1-5H3. The van der Waals surface area contributed by atoms with Crippen LogP contribution >= 0.6 is 0 Å². The number of hydrogen-bond acceptors (Lipinski definition) is 3. The minimum absolute atomic E-state index is 0.561. The van der Waals surface area contributed by atoms with E-state index in [1.54, 1.807) is 0 Å². The second kappa shape index (κ2) is 8.21. The van der Waals surface area contributed by atoms with Gasteiger partial charge in [0.15, 0.2) is 0 Å². The molecule has 0 heterocycles. The first-order valence-corrected chi connectivity index (χ1v) is 5.53. The van der Waals surface area contributed by atoms with Gasteiger partial charge in [-0.25, -0.2) is 0 Å². The molecule has 0 aromatic rings. The summed E-state index contributed by atoms with van der Waals surface area (Å²) in [6.45, 7) is 10.2. The Morgan fingerprint density at radius 3 is 2.36 bits per heavy atom. The highest BCUT2D eigenvalue weighted by Gasteiger charge is 2.12. The van der Waals surface area contributed by atoms with Gasteiger partial charge in [0.25, 0.3) is 0 Å². The number of likely N-dealkylation sites (N-methyl/N-ethyl adjacent to an activating group) is 1. The van der Waals surface area contributed by atoms with E-state index in [0.29, 0.717) is 12.0 Å². The fourth-order valence-corrected chi connectivity index (χ4v) is 1.37. The smallest absolute Gasteiger partial charge is 0.0590 e. The molecule has 0 aliphatic carbocycles. The van der Waals surface area contributed by atoms with Gasteiger partial charge in [-0.15, -0.1) is 0 Å². The van der Waals surface area contributed by atoms with E-state index in [4.69, 9.17) is 4.74 Å². The molecule has 1 N–H and O–H groups in total. The molecular formula is C11H26N2O. The molecule has 0 saturated heterocycles. The Bertz CT molecular complexity index is 126. The lowest BCUT2D eigenvalue weighted by Gasteiger charge is -2.25. The zero-order valence-electron chi connectivity index (χ0n) is 10.3. The molecule has 0 bridgehead atoms. The Kier molecular flexibility index (Phi) is 8.14. The van der Waals surface area contributed by atoms with E-state index >= 15 is 0 Å². The average Bonchev–Trinajstić information content (AvgIpc) is 2.09. The second-order valence-corrected chi connectivity index (χ2v) is 4.26. The maximum absolute atomic E-state index is 5.29. The first-order valence-electron chi connectivity index (χ1n) is 5.53. The molecule has 0 aromatic heterocycles. The average molecular weight is 202 g/mol. The van der Waals surface area contributed by atoms with Crippen LogP contribution in [0.2, 0.25) is 0 Å². The Morgan fingerprint density at radius 2 is 1.93 bits per heavy atom. The lowest BCUT2D eigenvalue weighted by Crippen LogP contribution is -2.43. The fourth-order valence-electron chi connectivity index (χ4n) is 1.37. The van der Waals surface area contributed by atoms with Crippen molar-refractivity contribution in [3.8, 4) is 0 Å². The predicted octanol–water partition coefficient (Wildman–Crippen LogP) is 1.20. The van der Waals surface area contributed by atoms with Crippen LogP contribution in [0.25, 0.3) is 0 Å². The van der Waals surface area contributed by atoms with Crippen molar-refractivity contribution in [2.75, 3.05) is 40.4 Å². The topological polar surface area (TPSA) is 24.5 Å². The molecule has 0 aromatic carbocycles. The van der Waals surface area contributed by atoms with Gasteiger partial charge >= 0.3 is 0 Å². The van der Waals surface area contributed by atoms with E-state index in [2.05, 4.69) is 38.2 Å². The summed E-state index contributed by atoms with van der Waals surface area (Å²) in [5.74, 6) is 0.666. The molecule has 3 nitrogen and oxygen atoms in total. The van der Waals surface area contributed by atoms with Gasteiger partial charge in [-0.1, -0.05) is 13.8 Å². The lowest BCUT2D eigenvalue weighted by molar-refractivity contribution is 0.142. The van der Waals surface area contributed by atoms with E-state index in [1.165, 1.54) is 0 Å². The normalized spacial score (nSPS) is 13.9. The zero-order chi connectivity index (χ0) is 11.0. The van der Waals surface area contributed by atoms with Crippen molar-refractivity contribution in [2.24, 2.45) is 5.92 Å². The minimum atomic E-state index is 0.561. The molecular weight excluding hydrogens is 176 g/mol. The molecule has 14 heavy (non-hydrogen) atoms. The molecule has 0 radical (unpaired) electrons. The maximum Gasteiger partial charge on any atom is 0.0590 e. The van der Waals surface area contributed by atoms with E-state index in [1.807, 2.05) is 6.92 Å². The van der Waals surface area contributed by atoms with Gasteiger partial charge in [0, 0.05) is 25.7 Å². The molecule has 0 fully saturated rings. The highest BCUT2D eigenvalue weighted by atomic mass is 16.5. The Hall–Kier alpha value is -0.120. The number of nitrogens with zero attached hydrogens (tertiary/aromatic N) is 1. The van der Waals surface area contributed by atoms with Crippen molar-refractivity contribution in [3.05, 3.63) is 0 Å². The molecule has 1 unspecified atom stereocenters. The quantitative estimate of drug-likeness (QED) is 0.599. The van der Waals surface area contributed by atoms with Crippen molar-refractivity contribution in [1.29, 1.82) is 0 Å². The predicted molar refractivity (Wildman–Crippen MR) is 61.7 cm³/mol. The summed E-state index contributed by atoms with van der Waals surface area (Å²) in [4.78, 5) is 2.22. The fraction of sp³-hybridized carbons (Fsp3) is 1.00. The third-order valence-corrected chi connectivity index (χ3v) is 2.22. The van der Waals surface area contributed by atoms with Crippen LogP contribution in [0.3, 0.4) is 0 Å². The number of hydrogen-bond donors (Lipinski definition) is 1. The van der Waals surface area contributed by atoms with Crippen molar-refractivity contribution in [1.82, 2.24) is 10.2 Å². The molecule has 0 spiro atoms. The monoisotopic (exact) mass is 202 g/mol. The first-order chi connectivity index (χ1) is 6.57. The Morgan fingerprint density at radius 1 is 1.29 bits per heavy atom. The van der Waals surface area contributed by atoms with E-state index in [0.717, 1.165) is 26.3 Å². The highest BCUT2D eigenvalue weighted by molar-refractivity contribution is 4.72. The van der Waals surface area contributed by atoms with Gasteiger partial charge in [0.1, 0.15) is 0 Å². The van der Waals surface area contributed by atoms with Gasteiger partial charge < -0.3 is 15.0 Å². The summed E-state index contributed by atoms with van der Waals surface area (Å²) in [7, 11) is 4.22. The van der Waals surface area contributed by atoms with Crippen LogP contribution < -0.4 is 5.32 Å². The SMILES string of the molecule is CCOCCNC(CN(C)C)C(C)C. The third kappa shape index (κ3) is 7.30. The summed E-state index contributed by atoms with van der Waals surface area (Å²) >= 11 is 0. The summed E-state index contributed by atoms with van der Waals surface area (Å²) in [5, 5.41) is 3.52. The van der Waals surface area contributed by atoms with Crippen LogP contribution in [0.5, 0.6) is 0 Å². The number of nitrogens with one attached hydrogen (secondary N) is 1. The van der Waals surface area contributed by atoms with Gasteiger partial charge in [0.05, 0.1) is 6.61 Å². The molecule has 0 rings (SSSR count). The summed E-state index contributed by atoms with van der Waals surface area (Å²) < 4.78 is 5.29. The van der Waals surface area contributed by atoms with Crippen LogP contribution in [0.15, 0.2) is 0 Å². The molecule has 0 aliphatic rings. The first kappa shape index (κ1) is 13.9. The summed E-state index contributed by atoms with van der Waals surface area (Å²) in [5.41, 5.74) is 0. The van der Waals surface area contributed by atoms with Gasteiger partial charge in [0.2, 0.25) is 0 Å². The van der Waals surface area contributed by atoms with Gasteiger partial charge in [-0.2, -0.15) is 0 Å². The molecule has 86 valence electrons. The van der Waals surface area contributed by atoms with Crippen molar-refractivity contribution in [3.63, 3.8) is 0 Å². The summed E-state index contributed by atoms with van der Waals surface area (Å²) in [6, 6.07) is 0.561. The molecule has 0 aliphatic heterocycles. The van der Waals surface area contributed by atoms with E-state index in [9.17, 15) is 0 Å². The van der Waals surface area contributed by atoms with Crippen LogP contribution in [0.1, 0.15) is 20.8 Å². The summed E-state index contributed by atoms with van der Waals surface area (Å²) in [6.07, 6.45) is 0. The largest absolute Gasteiger partial charge is 0.380 e. The van der Waals surface area contributed by atoms with Gasteiger partial charge in [-0.05, 0) is 26.9 Å². The van der Waals surface area contributed by atoms with Crippen molar-refractivity contribution in [2.45, 2.75) is 26.8 Å². The van der Waals surface area contributed by atoms with Crippen LogP contribution in [-0.4, -0.2) is 51.3 Å². The minimum Gasteiger partial charge on any atom is -0.380 e. The van der Waals surface area contributed by atoms with Crippen LogP contribution in [0, 0.1) is 5.92 Å². The highest BCUT2D eigenvalue weighted by Crippen LogP contribution is 2.01. The Labute approximate surface area is 88.8 Å². The second-order valence-electron chi connectivity index (χ2n) is 4.26. The Balaban J connectivity index is 3.63. The van der Waals surface area contributed by atoms with E-state index in [-0.39, 0.29) is 0 Å². The maximum atomic E-state index is 5.29. The number of rotatable bonds is 8. The molecule has 1 atom stereocenters. The number of ether oxygens (including phenoxy) is 1. The van der Waals surface area contributed by atoms with Gasteiger partial charge in [-0.3, -0.25) is 0 Å².